The Hall–Kier alpha value is -3.85. The fourth-order valence-corrected chi connectivity index (χ4v) is 3.55. The molecule has 0 radical (unpaired) electrons. The average molecular weight is 437 g/mol. The van der Waals surface area contributed by atoms with Crippen molar-refractivity contribution in [3.8, 4) is 0 Å². The van der Waals surface area contributed by atoms with Gasteiger partial charge in [-0.05, 0) is 30.3 Å². The van der Waals surface area contributed by atoms with Crippen LogP contribution in [0.2, 0.25) is 0 Å². The van der Waals surface area contributed by atoms with Crippen LogP contribution in [0.3, 0.4) is 0 Å². The molecule has 0 bridgehead atoms. The van der Waals surface area contributed by atoms with Crippen LogP contribution >= 0.6 is 0 Å². The molecule has 1 fully saturated rings. The standard InChI is InChI=1S/C23H20FN3O5/c24-17-5-3-4-16(14-17)22(20-6-1-2-9-25-20)32-23(28)19-15-18(27(29)30)7-8-21(19)26-10-12-31-13-11-26/h1-9,14-15,22H,10-13H2. The number of halogens is 1. The van der Waals surface area contributed by atoms with Gasteiger partial charge in [-0.15, -0.1) is 0 Å². The second-order valence-corrected chi connectivity index (χ2v) is 7.15. The van der Waals surface area contributed by atoms with E-state index in [0.29, 0.717) is 43.2 Å². The second-order valence-electron chi connectivity index (χ2n) is 7.15. The average Bonchev–Trinajstić information content (AvgIpc) is 2.83. The Kier molecular flexibility index (Phi) is 6.37. The molecular formula is C23H20FN3O5. The normalized spacial score (nSPS) is 14.6. The fraction of sp³-hybridized carbons (Fsp3) is 0.217. The lowest BCUT2D eigenvalue weighted by molar-refractivity contribution is -0.384. The van der Waals surface area contributed by atoms with Gasteiger partial charge in [0.25, 0.3) is 5.69 Å². The second kappa shape index (κ2) is 9.52. The first kappa shape index (κ1) is 21.4. The van der Waals surface area contributed by atoms with E-state index in [-0.39, 0.29) is 11.3 Å². The number of rotatable bonds is 6. The van der Waals surface area contributed by atoms with Crippen molar-refractivity contribution in [2.75, 3.05) is 31.2 Å². The van der Waals surface area contributed by atoms with Gasteiger partial charge in [0, 0.05) is 37.0 Å². The maximum Gasteiger partial charge on any atom is 0.341 e. The number of hydrogen-bond donors (Lipinski definition) is 0. The molecule has 0 saturated carbocycles. The molecule has 1 unspecified atom stereocenters. The third-order valence-electron chi connectivity index (χ3n) is 5.10. The summed E-state index contributed by atoms with van der Waals surface area (Å²) in [5, 5.41) is 11.3. The van der Waals surface area contributed by atoms with Gasteiger partial charge in [0.05, 0.1) is 35.1 Å². The molecule has 2 heterocycles. The summed E-state index contributed by atoms with van der Waals surface area (Å²) < 4.78 is 25.0. The summed E-state index contributed by atoms with van der Waals surface area (Å²) >= 11 is 0. The summed E-state index contributed by atoms with van der Waals surface area (Å²) in [6.45, 7) is 2.02. The van der Waals surface area contributed by atoms with Gasteiger partial charge in [0.1, 0.15) is 5.82 Å². The van der Waals surface area contributed by atoms with Crippen LogP contribution in [0.25, 0.3) is 0 Å². The SMILES string of the molecule is O=C(OC(c1cccc(F)c1)c1ccccn1)c1cc([N+](=O)[O-])ccc1N1CCOCC1. The van der Waals surface area contributed by atoms with Crippen molar-refractivity contribution in [2.45, 2.75) is 6.10 Å². The molecule has 4 rings (SSSR count). The zero-order valence-corrected chi connectivity index (χ0v) is 17.0. The van der Waals surface area contributed by atoms with Crippen molar-refractivity contribution in [3.05, 3.63) is 99.6 Å². The van der Waals surface area contributed by atoms with E-state index in [1.54, 1.807) is 30.5 Å². The number of nitro benzene ring substituents is 1. The molecule has 1 aromatic heterocycles. The predicted octanol–water partition coefficient (Wildman–Crippen LogP) is 3.91. The first-order valence-electron chi connectivity index (χ1n) is 10.0. The van der Waals surface area contributed by atoms with Crippen molar-refractivity contribution in [1.29, 1.82) is 0 Å². The van der Waals surface area contributed by atoms with Gasteiger partial charge in [-0.25, -0.2) is 9.18 Å². The molecule has 0 amide bonds. The molecule has 0 N–H and O–H groups in total. The minimum atomic E-state index is -0.990. The lowest BCUT2D eigenvalue weighted by Crippen LogP contribution is -2.37. The number of nitrogens with zero attached hydrogens (tertiary/aromatic N) is 3. The highest BCUT2D eigenvalue weighted by molar-refractivity contribution is 5.97. The highest BCUT2D eigenvalue weighted by Crippen LogP contribution is 2.31. The Bertz CT molecular complexity index is 1120. The molecule has 0 aliphatic carbocycles. The summed E-state index contributed by atoms with van der Waals surface area (Å²) in [6, 6.07) is 14.9. The van der Waals surface area contributed by atoms with Crippen LogP contribution in [0.15, 0.2) is 66.9 Å². The number of carbonyl (C=O) groups excluding carboxylic acids is 1. The van der Waals surface area contributed by atoms with Crippen molar-refractivity contribution in [3.63, 3.8) is 0 Å². The third kappa shape index (κ3) is 4.73. The van der Waals surface area contributed by atoms with E-state index < -0.39 is 22.8 Å². The van der Waals surface area contributed by atoms with E-state index in [9.17, 15) is 19.3 Å². The number of hydrogen-bond acceptors (Lipinski definition) is 7. The number of anilines is 1. The highest BCUT2D eigenvalue weighted by atomic mass is 19.1. The van der Waals surface area contributed by atoms with Gasteiger partial charge in [-0.2, -0.15) is 0 Å². The van der Waals surface area contributed by atoms with E-state index in [1.165, 1.54) is 36.4 Å². The predicted molar refractivity (Wildman–Crippen MR) is 114 cm³/mol. The van der Waals surface area contributed by atoms with Crippen molar-refractivity contribution < 1.29 is 23.6 Å². The number of nitro groups is 1. The Morgan fingerprint density at radius 3 is 2.62 bits per heavy atom. The lowest BCUT2D eigenvalue weighted by Gasteiger charge is -2.30. The Labute approximate surface area is 183 Å². The maximum absolute atomic E-state index is 13.9. The Morgan fingerprint density at radius 2 is 1.94 bits per heavy atom. The summed E-state index contributed by atoms with van der Waals surface area (Å²) in [5.41, 5.74) is 1.15. The van der Waals surface area contributed by atoms with E-state index in [0.717, 1.165) is 0 Å². The molecule has 1 aliphatic rings. The van der Waals surface area contributed by atoms with E-state index >= 15 is 0 Å². The van der Waals surface area contributed by atoms with Gasteiger partial charge in [-0.3, -0.25) is 15.1 Å². The molecule has 0 spiro atoms. The van der Waals surface area contributed by atoms with Crippen molar-refractivity contribution in [2.24, 2.45) is 0 Å². The summed E-state index contributed by atoms with van der Waals surface area (Å²) in [5.74, 6) is -1.25. The molecule has 1 aliphatic heterocycles. The molecule has 1 atom stereocenters. The summed E-state index contributed by atoms with van der Waals surface area (Å²) in [4.78, 5) is 30.2. The largest absolute Gasteiger partial charge is 0.447 e. The molecule has 164 valence electrons. The van der Waals surface area contributed by atoms with E-state index in [4.69, 9.17) is 9.47 Å². The summed E-state index contributed by atoms with van der Waals surface area (Å²) in [7, 11) is 0. The van der Waals surface area contributed by atoms with Crippen LogP contribution in [0, 0.1) is 15.9 Å². The molecule has 1 saturated heterocycles. The number of pyridine rings is 1. The number of aromatic nitrogens is 1. The van der Waals surface area contributed by atoms with Gasteiger partial charge < -0.3 is 14.4 Å². The Balaban J connectivity index is 1.73. The topological polar surface area (TPSA) is 94.8 Å². The maximum atomic E-state index is 13.9. The van der Waals surface area contributed by atoms with E-state index in [2.05, 4.69) is 4.98 Å². The molecule has 9 heteroatoms. The van der Waals surface area contributed by atoms with Crippen LogP contribution in [0.1, 0.15) is 27.7 Å². The van der Waals surface area contributed by atoms with Gasteiger partial charge in [-0.1, -0.05) is 18.2 Å². The minimum Gasteiger partial charge on any atom is -0.447 e. The fourth-order valence-electron chi connectivity index (χ4n) is 3.55. The minimum absolute atomic E-state index is 0.0541. The molecule has 3 aromatic rings. The van der Waals surface area contributed by atoms with E-state index in [1.807, 2.05) is 4.90 Å². The van der Waals surface area contributed by atoms with Gasteiger partial charge in [0.2, 0.25) is 0 Å². The lowest BCUT2D eigenvalue weighted by atomic mass is 10.0. The van der Waals surface area contributed by atoms with Crippen LogP contribution in [-0.2, 0) is 9.47 Å². The number of benzene rings is 2. The number of morpholine rings is 1. The van der Waals surface area contributed by atoms with Crippen molar-refractivity contribution in [1.82, 2.24) is 4.98 Å². The van der Waals surface area contributed by atoms with Gasteiger partial charge >= 0.3 is 5.97 Å². The van der Waals surface area contributed by atoms with Crippen molar-refractivity contribution >= 4 is 17.3 Å². The monoisotopic (exact) mass is 437 g/mol. The molecule has 2 aromatic carbocycles. The summed E-state index contributed by atoms with van der Waals surface area (Å²) in [6.07, 6.45) is 0.554. The smallest absolute Gasteiger partial charge is 0.341 e. The number of ether oxygens (including phenoxy) is 2. The first-order chi connectivity index (χ1) is 15.5. The molecular weight excluding hydrogens is 417 g/mol. The molecule has 8 nitrogen and oxygen atoms in total. The molecule has 32 heavy (non-hydrogen) atoms. The van der Waals surface area contributed by atoms with Crippen LogP contribution in [0.4, 0.5) is 15.8 Å². The zero-order chi connectivity index (χ0) is 22.5. The highest BCUT2D eigenvalue weighted by Gasteiger charge is 2.27. The first-order valence-corrected chi connectivity index (χ1v) is 10.0. The van der Waals surface area contributed by atoms with Crippen LogP contribution in [0.5, 0.6) is 0 Å². The number of carbonyl (C=O) groups is 1. The zero-order valence-electron chi connectivity index (χ0n) is 17.0. The van der Waals surface area contributed by atoms with Crippen LogP contribution in [-0.4, -0.2) is 42.2 Å². The number of esters is 1. The Morgan fingerprint density at radius 1 is 1.12 bits per heavy atom. The third-order valence-corrected chi connectivity index (χ3v) is 5.10. The number of non-ortho nitro benzene ring substituents is 1. The van der Waals surface area contributed by atoms with Gasteiger partial charge in [0.15, 0.2) is 6.10 Å². The van der Waals surface area contributed by atoms with Crippen LogP contribution < -0.4 is 4.90 Å². The quantitative estimate of drug-likeness (QED) is 0.328.